The van der Waals surface area contributed by atoms with Gasteiger partial charge in [0.05, 0.1) is 0 Å². The van der Waals surface area contributed by atoms with E-state index >= 15 is 0 Å². The van der Waals surface area contributed by atoms with Crippen LogP contribution in [-0.2, 0) is 6.42 Å². The summed E-state index contributed by atoms with van der Waals surface area (Å²) in [5, 5.41) is 0.829. The molecule has 1 aliphatic rings. The summed E-state index contributed by atoms with van der Waals surface area (Å²) in [5.74, 6) is 1.59. The Morgan fingerprint density at radius 2 is 1.85 bits per heavy atom. The lowest BCUT2D eigenvalue weighted by Crippen LogP contribution is -2.35. The summed E-state index contributed by atoms with van der Waals surface area (Å²) < 4.78 is 0. The Bertz CT molecular complexity index is 437. The van der Waals surface area contributed by atoms with E-state index in [4.69, 9.17) is 23.2 Å². The average Bonchev–Trinajstić information content (AvgIpc) is 2.38. The molecule has 0 saturated heterocycles. The van der Waals surface area contributed by atoms with Gasteiger partial charge in [-0.05, 0) is 66.5 Å². The van der Waals surface area contributed by atoms with Crippen molar-refractivity contribution in [2.24, 2.45) is 16.7 Å². The zero-order chi connectivity index (χ0) is 14.8. The van der Waals surface area contributed by atoms with Crippen LogP contribution in [0.1, 0.15) is 52.0 Å². The zero-order valence-corrected chi connectivity index (χ0v) is 14.4. The van der Waals surface area contributed by atoms with Gasteiger partial charge >= 0.3 is 0 Å². The van der Waals surface area contributed by atoms with Crippen molar-refractivity contribution in [3.8, 4) is 0 Å². The molecule has 0 radical (unpaired) electrons. The highest BCUT2D eigenvalue weighted by Crippen LogP contribution is 2.47. The molecule has 2 heteroatoms. The van der Waals surface area contributed by atoms with Crippen LogP contribution < -0.4 is 0 Å². The van der Waals surface area contributed by atoms with Crippen molar-refractivity contribution in [1.29, 1.82) is 0 Å². The third kappa shape index (κ3) is 3.92. The number of hydrogen-bond acceptors (Lipinski definition) is 0. The monoisotopic (exact) mass is 312 g/mol. The van der Waals surface area contributed by atoms with Gasteiger partial charge in [0.25, 0.3) is 0 Å². The molecule has 0 atom stereocenters. The quantitative estimate of drug-likeness (QED) is 0.571. The molecule has 112 valence electrons. The molecule has 2 rings (SSSR count). The molecule has 1 aromatic rings. The highest BCUT2D eigenvalue weighted by Gasteiger charge is 2.38. The van der Waals surface area contributed by atoms with Crippen LogP contribution in [0.4, 0.5) is 0 Å². The van der Waals surface area contributed by atoms with E-state index in [-0.39, 0.29) is 5.41 Å². The van der Waals surface area contributed by atoms with E-state index in [1.165, 1.54) is 31.2 Å². The predicted molar refractivity (Wildman–Crippen MR) is 89.7 cm³/mol. The minimum absolute atomic E-state index is 0.272. The molecular formula is C18H26Cl2. The Balaban J connectivity index is 2.05. The van der Waals surface area contributed by atoms with Crippen molar-refractivity contribution in [3.63, 3.8) is 0 Å². The summed E-state index contributed by atoms with van der Waals surface area (Å²) in [6.45, 7) is 7.09. The van der Waals surface area contributed by atoms with Crippen LogP contribution in [-0.4, -0.2) is 5.88 Å². The van der Waals surface area contributed by atoms with Crippen LogP contribution in [0.2, 0.25) is 5.02 Å². The van der Waals surface area contributed by atoms with Crippen molar-refractivity contribution in [3.05, 3.63) is 34.9 Å². The second kappa shape index (κ2) is 6.28. The first-order chi connectivity index (χ1) is 9.35. The van der Waals surface area contributed by atoms with Gasteiger partial charge in [-0.15, -0.1) is 11.6 Å². The SMILES string of the molecule is CC(C)(C)C1CCC(CCl)(Cc2cccc(Cl)c2)CC1. The first-order valence-electron chi connectivity index (χ1n) is 7.65. The molecule has 1 aliphatic carbocycles. The molecule has 0 heterocycles. The predicted octanol–water partition coefficient (Wildman–Crippen LogP) is 6.34. The van der Waals surface area contributed by atoms with Crippen molar-refractivity contribution < 1.29 is 0 Å². The fraction of sp³-hybridized carbons (Fsp3) is 0.667. The van der Waals surface area contributed by atoms with Crippen LogP contribution in [0.25, 0.3) is 0 Å². The fourth-order valence-corrected chi connectivity index (χ4v) is 4.11. The summed E-state index contributed by atoms with van der Waals surface area (Å²) in [7, 11) is 0. The van der Waals surface area contributed by atoms with E-state index in [1.807, 2.05) is 12.1 Å². The first kappa shape index (κ1) is 16.2. The molecule has 0 nitrogen and oxygen atoms in total. The van der Waals surface area contributed by atoms with Crippen molar-refractivity contribution in [2.45, 2.75) is 52.9 Å². The van der Waals surface area contributed by atoms with Gasteiger partial charge in [0.15, 0.2) is 0 Å². The molecule has 20 heavy (non-hydrogen) atoms. The van der Waals surface area contributed by atoms with E-state index in [2.05, 4.69) is 32.9 Å². The Kier molecular flexibility index (Phi) is 5.08. The minimum atomic E-state index is 0.272. The van der Waals surface area contributed by atoms with E-state index < -0.39 is 0 Å². The largest absolute Gasteiger partial charge is 0.126 e. The highest BCUT2D eigenvalue weighted by atomic mass is 35.5. The molecule has 0 bridgehead atoms. The third-order valence-electron chi connectivity index (χ3n) is 5.02. The van der Waals surface area contributed by atoms with E-state index in [0.29, 0.717) is 5.41 Å². The van der Waals surface area contributed by atoms with Crippen LogP contribution in [0.3, 0.4) is 0 Å². The van der Waals surface area contributed by atoms with E-state index in [9.17, 15) is 0 Å². The summed E-state index contributed by atoms with van der Waals surface area (Å²) in [5.41, 5.74) is 2.02. The second-order valence-corrected chi connectivity index (χ2v) is 8.28. The zero-order valence-electron chi connectivity index (χ0n) is 12.9. The van der Waals surface area contributed by atoms with Gasteiger partial charge in [0.1, 0.15) is 0 Å². The Morgan fingerprint density at radius 3 is 2.35 bits per heavy atom. The van der Waals surface area contributed by atoms with Crippen LogP contribution in [0.5, 0.6) is 0 Å². The van der Waals surface area contributed by atoms with Gasteiger partial charge < -0.3 is 0 Å². The van der Waals surface area contributed by atoms with Gasteiger partial charge in [-0.1, -0.05) is 44.5 Å². The van der Waals surface area contributed by atoms with Gasteiger partial charge in [-0.3, -0.25) is 0 Å². The molecule has 1 saturated carbocycles. The molecule has 1 aromatic carbocycles. The summed E-state index contributed by atoms with van der Waals surface area (Å²) in [4.78, 5) is 0. The van der Waals surface area contributed by atoms with Crippen LogP contribution >= 0.6 is 23.2 Å². The van der Waals surface area contributed by atoms with Gasteiger partial charge in [0.2, 0.25) is 0 Å². The van der Waals surface area contributed by atoms with Crippen molar-refractivity contribution in [1.82, 2.24) is 0 Å². The molecule has 0 amide bonds. The second-order valence-electron chi connectivity index (χ2n) is 7.58. The number of hydrogen-bond donors (Lipinski definition) is 0. The highest BCUT2D eigenvalue weighted by molar-refractivity contribution is 6.30. The van der Waals surface area contributed by atoms with Gasteiger partial charge in [-0.2, -0.15) is 0 Å². The molecule has 0 aliphatic heterocycles. The summed E-state index contributed by atoms with van der Waals surface area (Å²) >= 11 is 12.5. The maximum atomic E-state index is 6.36. The number of rotatable bonds is 3. The molecule has 0 N–H and O–H groups in total. The van der Waals surface area contributed by atoms with Gasteiger partial charge in [0, 0.05) is 10.9 Å². The number of halogens is 2. The van der Waals surface area contributed by atoms with E-state index in [0.717, 1.165) is 23.2 Å². The number of benzene rings is 1. The van der Waals surface area contributed by atoms with Crippen molar-refractivity contribution in [2.75, 3.05) is 5.88 Å². The smallest absolute Gasteiger partial charge is 0.0408 e. The Labute approximate surface area is 133 Å². The maximum Gasteiger partial charge on any atom is 0.0408 e. The average molecular weight is 313 g/mol. The molecule has 0 unspecified atom stereocenters. The normalized spacial score (nSPS) is 27.6. The Morgan fingerprint density at radius 1 is 1.20 bits per heavy atom. The fourth-order valence-electron chi connectivity index (χ4n) is 3.53. The molecule has 0 spiro atoms. The lowest BCUT2D eigenvalue weighted by Gasteiger charge is -2.43. The topological polar surface area (TPSA) is 0 Å². The van der Waals surface area contributed by atoms with Crippen LogP contribution in [0.15, 0.2) is 24.3 Å². The number of alkyl halides is 1. The lowest BCUT2D eigenvalue weighted by molar-refractivity contribution is 0.102. The summed E-state index contributed by atoms with van der Waals surface area (Å²) in [6, 6.07) is 8.25. The summed E-state index contributed by atoms with van der Waals surface area (Å²) in [6.07, 6.45) is 6.15. The first-order valence-corrected chi connectivity index (χ1v) is 8.56. The lowest BCUT2D eigenvalue weighted by atomic mass is 9.63. The third-order valence-corrected chi connectivity index (χ3v) is 5.82. The van der Waals surface area contributed by atoms with Crippen molar-refractivity contribution >= 4 is 23.2 Å². The standard InChI is InChI=1S/C18H26Cl2/c1-17(2,3)15-7-9-18(13-19,10-8-15)12-14-5-4-6-16(20)11-14/h4-6,11,15H,7-10,12-13H2,1-3H3. The maximum absolute atomic E-state index is 6.36. The van der Waals surface area contributed by atoms with E-state index in [1.54, 1.807) is 0 Å². The van der Waals surface area contributed by atoms with Gasteiger partial charge in [-0.25, -0.2) is 0 Å². The Hall–Kier alpha value is -0.200. The molecule has 0 aromatic heterocycles. The van der Waals surface area contributed by atoms with Crippen LogP contribution in [0, 0.1) is 16.7 Å². The molecule has 1 fully saturated rings. The minimum Gasteiger partial charge on any atom is -0.126 e. The molecular weight excluding hydrogens is 287 g/mol.